The third kappa shape index (κ3) is 5.05. The molecule has 0 saturated carbocycles. The molecule has 1 aromatic rings. The number of guanidine groups is 1. The normalized spacial score (nSPS) is 14.9. The van der Waals surface area contributed by atoms with E-state index in [4.69, 9.17) is 19.9 Å². The second-order valence-corrected chi connectivity index (χ2v) is 5.26. The van der Waals surface area contributed by atoms with Crippen molar-refractivity contribution in [3.63, 3.8) is 0 Å². The molecule has 2 N–H and O–H groups in total. The summed E-state index contributed by atoms with van der Waals surface area (Å²) in [4.78, 5) is 6.63. The Morgan fingerprint density at radius 3 is 2.09 bits per heavy atom. The summed E-state index contributed by atoms with van der Waals surface area (Å²) in [6.07, 6.45) is 3.64. The summed E-state index contributed by atoms with van der Waals surface area (Å²) < 4.78 is 16.0. The molecule has 1 fully saturated rings. The highest BCUT2D eigenvalue weighted by Crippen LogP contribution is 2.38. The van der Waals surface area contributed by atoms with Crippen molar-refractivity contribution in [2.45, 2.75) is 25.8 Å². The van der Waals surface area contributed by atoms with Gasteiger partial charge in [-0.15, -0.1) is 24.0 Å². The van der Waals surface area contributed by atoms with Crippen LogP contribution in [0.25, 0.3) is 0 Å². The molecule has 0 spiro atoms. The van der Waals surface area contributed by atoms with E-state index >= 15 is 0 Å². The van der Waals surface area contributed by atoms with Gasteiger partial charge in [0.2, 0.25) is 5.75 Å². The van der Waals surface area contributed by atoms with E-state index in [1.165, 1.54) is 19.3 Å². The van der Waals surface area contributed by atoms with Crippen molar-refractivity contribution >= 4 is 29.9 Å². The van der Waals surface area contributed by atoms with Crippen LogP contribution >= 0.6 is 24.0 Å². The average molecular weight is 435 g/mol. The molecule has 1 aromatic carbocycles. The lowest BCUT2D eigenvalue weighted by Crippen LogP contribution is -2.40. The van der Waals surface area contributed by atoms with Gasteiger partial charge in [-0.3, -0.25) is 0 Å². The minimum Gasteiger partial charge on any atom is -0.493 e. The van der Waals surface area contributed by atoms with Crippen molar-refractivity contribution in [3.8, 4) is 17.2 Å². The van der Waals surface area contributed by atoms with Crippen molar-refractivity contribution in [1.29, 1.82) is 0 Å². The first-order chi connectivity index (χ1) is 10.7. The number of hydrogen-bond donors (Lipinski definition) is 1. The van der Waals surface area contributed by atoms with Gasteiger partial charge in [0.05, 0.1) is 27.9 Å². The molecule has 0 aliphatic carbocycles. The molecule has 0 bridgehead atoms. The molecule has 0 amide bonds. The summed E-state index contributed by atoms with van der Waals surface area (Å²) in [7, 11) is 4.80. The number of piperidine rings is 1. The number of benzene rings is 1. The molecule has 0 radical (unpaired) electrons. The van der Waals surface area contributed by atoms with Crippen molar-refractivity contribution < 1.29 is 14.2 Å². The summed E-state index contributed by atoms with van der Waals surface area (Å²) in [5.74, 6) is 2.45. The maximum absolute atomic E-state index is 6.08. The van der Waals surface area contributed by atoms with E-state index < -0.39 is 0 Å². The number of hydrogen-bond acceptors (Lipinski definition) is 4. The summed E-state index contributed by atoms with van der Waals surface area (Å²) in [6.45, 7) is 2.47. The predicted molar refractivity (Wildman–Crippen MR) is 102 cm³/mol. The lowest BCUT2D eigenvalue weighted by Gasteiger charge is -2.27. The van der Waals surface area contributed by atoms with Crippen LogP contribution < -0.4 is 19.9 Å². The van der Waals surface area contributed by atoms with Crippen LogP contribution in [-0.4, -0.2) is 45.3 Å². The molecular formula is C16H26IN3O3. The number of halogens is 1. The Morgan fingerprint density at radius 1 is 1.04 bits per heavy atom. The van der Waals surface area contributed by atoms with Gasteiger partial charge in [-0.2, -0.15) is 0 Å². The second-order valence-electron chi connectivity index (χ2n) is 5.26. The molecule has 7 heteroatoms. The first-order valence-electron chi connectivity index (χ1n) is 7.53. The Labute approximate surface area is 155 Å². The average Bonchev–Trinajstić information content (AvgIpc) is 2.59. The van der Waals surface area contributed by atoms with Crippen LogP contribution in [0.5, 0.6) is 17.2 Å². The predicted octanol–water partition coefficient (Wildman–Crippen LogP) is 2.63. The number of aliphatic imine (C=N–C) groups is 1. The van der Waals surface area contributed by atoms with E-state index in [0.29, 0.717) is 29.8 Å². The third-order valence-corrected chi connectivity index (χ3v) is 3.83. The number of likely N-dealkylation sites (tertiary alicyclic amines) is 1. The van der Waals surface area contributed by atoms with Gasteiger partial charge < -0.3 is 24.8 Å². The lowest BCUT2D eigenvalue weighted by molar-refractivity contribution is 0.323. The van der Waals surface area contributed by atoms with Crippen molar-refractivity contribution in [3.05, 3.63) is 17.7 Å². The minimum absolute atomic E-state index is 0. The Hall–Kier alpha value is -1.38. The van der Waals surface area contributed by atoms with Crippen LogP contribution in [0.2, 0.25) is 0 Å². The van der Waals surface area contributed by atoms with Gasteiger partial charge in [0, 0.05) is 13.1 Å². The number of nitrogens with zero attached hydrogens (tertiary/aromatic N) is 2. The maximum atomic E-state index is 6.08. The summed E-state index contributed by atoms with van der Waals surface area (Å²) in [6, 6.07) is 3.79. The largest absolute Gasteiger partial charge is 0.493 e. The number of nitrogens with two attached hydrogens (primary N) is 1. The van der Waals surface area contributed by atoms with Crippen LogP contribution in [-0.2, 0) is 6.54 Å². The fourth-order valence-electron chi connectivity index (χ4n) is 2.62. The topological polar surface area (TPSA) is 69.3 Å². The smallest absolute Gasteiger partial charge is 0.203 e. The van der Waals surface area contributed by atoms with Crippen molar-refractivity contribution in [2.24, 2.45) is 10.7 Å². The number of ether oxygens (including phenoxy) is 3. The van der Waals surface area contributed by atoms with E-state index in [0.717, 1.165) is 18.7 Å². The zero-order valence-corrected chi connectivity index (χ0v) is 16.3. The molecule has 23 heavy (non-hydrogen) atoms. The van der Waals surface area contributed by atoms with Crippen LogP contribution in [0.1, 0.15) is 24.8 Å². The van der Waals surface area contributed by atoms with Gasteiger partial charge >= 0.3 is 0 Å². The summed E-state index contributed by atoms with van der Waals surface area (Å²) in [5.41, 5.74) is 7.05. The highest BCUT2D eigenvalue weighted by molar-refractivity contribution is 14.0. The van der Waals surface area contributed by atoms with Crippen LogP contribution in [0.15, 0.2) is 17.1 Å². The molecular weight excluding hydrogens is 409 g/mol. The van der Waals surface area contributed by atoms with Crippen LogP contribution in [0.4, 0.5) is 0 Å². The Bertz CT molecular complexity index is 506. The molecule has 6 nitrogen and oxygen atoms in total. The fraction of sp³-hybridized carbons (Fsp3) is 0.562. The van der Waals surface area contributed by atoms with Crippen molar-refractivity contribution in [2.75, 3.05) is 34.4 Å². The zero-order valence-electron chi connectivity index (χ0n) is 14.0. The molecule has 130 valence electrons. The zero-order chi connectivity index (χ0) is 15.9. The Kier molecular flexibility index (Phi) is 8.29. The van der Waals surface area contributed by atoms with E-state index in [9.17, 15) is 0 Å². The lowest BCUT2D eigenvalue weighted by atomic mass is 10.1. The number of methoxy groups -OCH3 is 3. The molecule has 0 atom stereocenters. The molecule has 1 aliphatic rings. The van der Waals surface area contributed by atoms with E-state index in [2.05, 4.69) is 9.89 Å². The number of rotatable bonds is 5. The minimum atomic E-state index is 0. The third-order valence-electron chi connectivity index (χ3n) is 3.83. The van der Waals surface area contributed by atoms with Gasteiger partial charge in [0.25, 0.3) is 0 Å². The molecule has 1 heterocycles. The second kappa shape index (κ2) is 9.69. The van der Waals surface area contributed by atoms with Crippen molar-refractivity contribution in [1.82, 2.24) is 4.90 Å². The quantitative estimate of drug-likeness (QED) is 0.438. The summed E-state index contributed by atoms with van der Waals surface area (Å²) >= 11 is 0. The van der Waals surface area contributed by atoms with Gasteiger partial charge in [-0.05, 0) is 37.0 Å². The van der Waals surface area contributed by atoms with E-state index in [1.807, 2.05) is 12.1 Å². The molecule has 1 saturated heterocycles. The summed E-state index contributed by atoms with van der Waals surface area (Å²) in [5, 5.41) is 0. The molecule has 0 aromatic heterocycles. The SMILES string of the molecule is COc1cc(CN=C(N)N2CCCCC2)cc(OC)c1OC.I. The fourth-order valence-corrected chi connectivity index (χ4v) is 2.62. The Morgan fingerprint density at radius 2 is 1.61 bits per heavy atom. The van der Waals surface area contributed by atoms with E-state index in [-0.39, 0.29) is 24.0 Å². The highest BCUT2D eigenvalue weighted by Gasteiger charge is 2.14. The molecule has 1 aliphatic heterocycles. The van der Waals surface area contributed by atoms with Gasteiger partial charge in [0.1, 0.15) is 0 Å². The first kappa shape index (κ1) is 19.7. The monoisotopic (exact) mass is 435 g/mol. The highest BCUT2D eigenvalue weighted by atomic mass is 127. The first-order valence-corrected chi connectivity index (χ1v) is 7.53. The molecule has 0 unspecified atom stereocenters. The Balaban J connectivity index is 0.00000264. The van der Waals surface area contributed by atoms with Gasteiger partial charge in [-0.25, -0.2) is 4.99 Å². The van der Waals surface area contributed by atoms with Crippen LogP contribution in [0, 0.1) is 0 Å². The van der Waals surface area contributed by atoms with Gasteiger partial charge in [0.15, 0.2) is 17.5 Å². The standard InChI is InChI=1S/C16H25N3O3.HI/c1-20-13-9-12(10-14(21-2)15(13)22-3)11-18-16(17)19-7-5-4-6-8-19;/h9-10H,4-8,11H2,1-3H3,(H2,17,18);1H. The maximum Gasteiger partial charge on any atom is 0.203 e. The van der Waals surface area contributed by atoms with Crippen LogP contribution in [0.3, 0.4) is 0 Å². The van der Waals surface area contributed by atoms with E-state index in [1.54, 1.807) is 21.3 Å². The molecule has 2 rings (SSSR count). The van der Waals surface area contributed by atoms with Gasteiger partial charge in [-0.1, -0.05) is 0 Å².